The van der Waals surface area contributed by atoms with Crippen molar-refractivity contribution in [2.75, 3.05) is 5.32 Å². The SMILES string of the molecule is CC(C)c1ccccc1NC(=O)c1nc(C(=O)NC2CC2)n2c1CCCC2. The Balaban J connectivity index is 1.64. The minimum absolute atomic E-state index is 0.165. The quantitative estimate of drug-likeness (QED) is 0.850. The Hall–Kier alpha value is -2.63. The van der Waals surface area contributed by atoms with Gasteiger partial charge in [-0.1, -0.05) is 32.0 Å². The molecule has 2 N–H and O–H groups in total. The molecular formula is C21H26N4O2. The Morgan fingerprint density at radius 3 is 2.67 bits per heavy atom. The first-order valence-electron chi connectivity index (χ1n) is 9.85. The minimum atomic E-state index is -0.237. The first kappa shape index (κ1) is 17.8. The number of amides is 2. The first-order valence-corrected chi connectivity index (χ1v) is 9.85. The van der Waals surface area contributed by atoms with Crippen molar-refractivity contribution < 1.29 is 9.59 Å². The van der Waals surface area contributed by atoms with Gasteiger partial charge in [0.25, 0.3) is 11.8 Å². The Morgan fingerprint density at radius 1 is 1.15 bits per heavy atom. The van der Waals surface area contributed by atoms with Crippen LogP contribution in [0.25, 0.3) is 0 Å². The van der Waals surface area contributed by atoms with E-state index in [1.807, 2.05) is 28.8 Å². The van der Waals surface area contributed by atoms with Gasteiger partial charge in [0.05, 0.1) is 5.69 Å². The van der Waals surface area contributed by atoms with Crippen LogP contribution in [0.1, 0.15) is 77.8 Å². The third-order valence-electron chi connectivity index (χ3n) is 5.28. The van der Waals surface area contributed by atoms with Crippen LogP contribution in [-0.4, -0.2) is 27.4 Å². The normalized spacial score (nSPS) is 16.1. The van der Waals surface area contributed by atoms with Crippen LogP contribution in [0.3, 0.4) is 0 Å². The molecule has 1 aliphatic carbocycles. The van der Waals surface area contributed by atoms with E-state index in [0.29, 0.717) is 17.4 Å². The highest BCUT2D eigenvalue weighted by atomic mass is 16.2. The maximum Gasteiger partial charge on any atom is 0.287 e. The number of imidazole rings is 1. The van der Waals surface area contributed by atoms with E-state index in [1.54, 1.807) is 0 Å². The summed E-state index contributed by atoms with van der Waals surface area (Å²) in [6.07, 6.45) is 4.85. The fraction of sp³-hybridized carbons (Fsp3) is 0.476. The van der Waals surface area contributed by atoms with E-state index in [1.165, 1.54) is 0 Å². The first-order chi connectivity index (χ1) is 13.0. The topological polar surface area (TPSA) is 76.0 Å². The number of benzene rings is 1. The molecule has 1 saturated carbocycles. The molecule has 142 valence electrons. The van der Waals surface area contributed by atoms with Gasteiger partial charge in [-0.15, -0.1) is 0 Å². The molecule has 1 fully saturated rings. The number of para-hydroxylation sites is 1. The van der Waals surface area contributed by atoms with Gasteiger partial charge >= 0.3 is 0 Å². The van der Waals surface area contributed by atoms with E-state index >= 15 is 0 Å². The fourth-order valence-electron chi connectivity index (χ4n) is 3.67. The van der Waals surface area contributed by atoms with Gasteiger partial charge in [-0.2, -0.15) is 0 Å². The van der Waals surface area contributed by atoms with Crippen molar-refractivity contribution >= 4 is 17.5 Å². The number of anilines is 1. The maximum absolute atomic E-state index is 13.0. The molecule has 0 spiro atoms. The average molecular weight is 366 g/mol. The van der Waals surface area contributed by atoms with Crippen molar-refractivity contribution in [3.8, 4) is 0 Å². The lowest BCUT2D eigenvalue weighted by atomic mass is 10.0. The van der Waals surface area contributed by atoms with Crippen LogP contribution in [-0.2, 0) is 13.0 Å². The lowest BCUT2D eigenvalue weighted by Crippen LogP contribution is -2.29. The van der Waals surface area contributed by atoms with E-state index in [0.717, 1.165) is 55.6 Å². The molecule has 6 heteroatoms. The van der Waals surface area contributed by atoms with Crippen molar-refractivity contribution in [2.45, 2.75) is 64.5 Å². The molecule has 4 rings (SSSR count). The number of aromatic nitrogens is 2. The van der Waals surface area contributed by atoms with Gasteiger partial charge in [0.1, 0.15) is 0 Å². The summed E-state index contributed by atoms with van der Waals surface area (Å²) in [5, 5.41) is 6.01. The van der Waals surface area contributed by atoms with E-state index in [9.17, 15) is 9.59 Å². The Bertz CT molecular complexity index is 880. The maximum atomic E-state index is 13.0. The van der Waals surface area contributed by atoms with Crippen molar-refractivity contribution in [2.24, 2.45) is 0 Å². The van der Waals surface area contributed by atoms with E-state index in [4.69, 9.17) is 0 Å². The monoisotopic (exact) mass is 366 g/mol. The van der Waals surface area contributed by atoms with Gasteiger partial charge in [0, 0.05) is 18.3 Å². The van der Waals surface area contributed by atoms with E-state index in [2.05, 4.69) is 29.5 Å². The number of rotatable bonds is 5. The molecule has 0 radical (unpaired) electrons. The van der Waals surface area contributed by atoms with Crippen molar-refractivity contribution in [3.63, 3.8) is 0 Å². The molecule has 2 aromatic rings. The fourth-order valence-corrected chi connectivity index (χ4v) is 3.67. The lowest BCUT2D eigenvalue weighted by Gasteiger charge is -2.17. The predicted octanol–water partition coefficient (Wildman–Crippen LogP) is 3.49. The number of fused-ring (bicyclic) bond motifs is 1. The number of carbonyl (C=O) groups is 2. The molecule has 0 saturated heterocycles. The van der Waals surface area contributed by atoms with Crippen LogP contribution in [0.2, 0.25) is 0 Å². The number of carbonyl (C=O) groups excluding carboxylic acids is 2. The molecule has 6 nitrogen and oxygen atoms in total. The Kier molecular flexibility index (Phi) is 4.72. The second-order valence-electron chi connectivity index (χ2n) is 7.78. The van der Waals surface area contributed by atoms with E-state index < -0.39 is 0 Å². The molecule has 0 unspecified atom stereocenters. The van der Waals surface area contributed by atoms with Crippen LogP contribution in [0.15, 0.2) is 24.3 Å². The second kappa shape index (κ2) is 7.18. The highest BCUT2D eigenvalue weighted by molar-refractivity contribution is 6.05. The van der Waals surface area contributed by atoms with Crippen LogP contribution in [0.4, 0.5) is 5.69 Å². The highest BCUT2D eigenvalue weighted by Crippen LogP contribution is 2.27. The highest BCUT2D eigenvalue weighted by Gasteiger charge is 2.30. The number of hydrogen-bond acceptors (Lipinski definition) is 3. The van der Waals surface area contributed by atoms with Crippen LogP contribution in [0.5, 0.6) is 0 Å². The summed E-state index contributed by atoms with van der Waals surface area (Å²) >= 11 is 0. The molecule has 1 aromatic heterocycles. The Labute approximate surface area is 159 Å². The average Bonchev–Trinajstić information content (AvgIpc) is 3.38. The molecule has 2 heterocycles. The molecule has 27 heavy (non-hydrogen) atoms. The molecule has 0 atom stereocenters. The lowest BCUT2D eigenvalue weighted by molar-refractivity contribution is 0.0935. The summed E-state index contributed by atoms with van der Waals surface area (Å²) in [6, 6.07) is 8.10. The van der Waals surface area contributed by atoms with Gasteiger partial charge in [0.15, 0.2) is 11.5 Å². The summed E-state index contributed by atoms with van der Waals surface area (Å²) in [7, 11) is 0. The van der Waals surface area contributed by atoms with Gasteiger partial charge in [-0.05, 0) is 49.7 Å². The Morgan fingerprint density at radius 2 is 1.93 bits per heavy atom. The largest absolute Gasteiger partial charge is 0.347 e. The molecule has 2 amide bonds. The molecule has 1 aliphatic heterocycles. The summed E-state index contributed by atoms with van der Waals surface area (Å²) in [6.45, 7) is 4.94. The van der Waals surface area contributed by atoms with Crippen molar-refractivity contribution in [1.29, 1.82) is 0 Å². The van der Waals surface area contributed by atoms with E-state index in [-0.39, 0.29) is 17.9 Å². The molecule has 1 aromatic carbocycles. The van der Waals surface area contributed by atoms with Crippen molar-refractivity contribution in [1.82, 2.24) is 14.9 Å². The van der Waals surface area contributed by atoms with Crippen LogP contribution >= 0.6 is 0 Å². The smallest absolute Gasteiger partial charge is 0.287 e. The predicted molar refractivity (Wildman–Crippen MR) is 104 cm³/mol. The van der Waals surface area contributed by atoms with Gasteiger partial charge < -0.3 is 15.2 Å². The summed E-state index contributed by atoms with van der Waals surface area (Å²) in [5.41, 5.74) is 3.15. The number of nitrogens with zero attached hydrogens (tertiary/aromatic N) is 2. The van der Waals surface area contributed by atoms with Gasteiger partial charge in [-0.3, -0.25) is 9.59 Å². The van der Waals surface area contributed by atoms with Crippen molar-refractivity contribution in [3.05, 3.63) is 47.0 Å². The van der Waals surface area contributed by atoms with Crippen LogP contribution < -0.4 is 10.6 Å². The zero-order valence-corrected chi connectivity index (χ0v) is 15.9. The van der Waals surface area contributed by atoms with Gasteiger partial charge in [0.2, 0.25) is 0 Å². The standard InChI is InChI=1S/C21H26N4O2/c1-13(2)15-7-3-4-8-16(15)23-20(26)18-17-9-5-6-12-25(17)19(24-18)21(27)22-14-10-11-14/h3-4,7-8,13-14H,5-6,9-12H2,1-2H3,(H,22,27)(H,23,26). The van der Waals surface area contributed by atoms with Crippen LogP contribution in [0, 0.1) is 0 Å². The molecular weight excluding hydrogens is 340 g/mol. The number of nitrogens with one attached hydrogen (secondary N) is 2. The minimum Gasteiger partial charge on any atom is -0.347 e. The molecule has 2 aliphatic rings. The molecule has 0 bridgehead atoms. The summed E-state index contributed by atoms with van der Waals surface area (Å²) in [4.78, 5) is 30.1. The third kappa shape index (κ3) is 3.61. The van der Waals surface area contributed by atoms with Gasteiger partial charge in [-0.25, -0.2) is 4.98 Å². The number of hydrogen-bond donors (Lipinski definition) is 2. The third-order valence-corrected chi connectivity index (χ3v) is 5.28. The second-order valence-corrected chi connectivity index (χ2v) is 7.78. The summed E-state index contributed by atoms with van der Waals surface area (Å²) in [5.74, 6) is 0.276. The zero-order chi connectivity index (χ0) is 19.0. The zero-order valence-electron chi connectivity index (χ0n) is 15.9. The summed E-state index contributed by atoms with van der Waals surface area (Å²) < 4.78 is 1.93.